The van der Waals surface area contributed by atoms with E-state index < -0.39 is 5.97 Å². The number of methoxy groups -OCH3 is 1. The molecule has 7 nitrogen and oxygen atoms in total. The average Bonchev–Trinajstić information content (AvgIpc) is 2.61. The quantitative estimate of drug-likeness (QED) is 0.791. The minimum Gasteiger partial charge on any atom is -0.464 e. The second-order valence-corrected chi connectivity index (χ2v) is 5.35. The van der Waals surface area contributed by atoms with Crippen LogP contribution >= 0.6 is 0 Å². The van der Waals surface area contributed by atoms with E-state index in [0.29, 0.717) is 11.6 Å². The van der Waals surface area contributed by atoms with Gasteiger partial charge in [0.25, 0.3) is 0 Å². The Hall–Kier alpha value is -2.70. The molecule has 0 atom stereocenters. The summed E-state index contributed by atoms with van der Waals surface area (Å²) in [6.07, 6.45) is 1.80. The molecule has 0 aliphatic carbocycles. The number of nitrogens with zero attached hydrogens (tertiary/aromatic N) is 5. The van der Waals surface area contributed by atoms with Gasteiger partial charge in [0, 0.05) is 38.1 Å². The minimum absolute atomic E-state index is 0.294. The number of ether oxygens (including phenoxy) is 1. The highest BCUT2D eigenvalue weighted by molar-refractivity contribution is 5.87. The molecule has 0 radical (unpaired) electrons. The molecular formula is C16H19N5O2. The first-order valence-corrected chi connectivity index (χ1v) is 7.52. The van der Waals surface area contributed by atoms with Gasteiger partial charge in [0.2, 0.25) is 5.95 Å². The standard InChI is InChI=1S/C16H19N5O2/c1-12-11-13(15(22)23-2)19-16(18-12)21-9-7-20(8-10-21)14-5-3-4-6-17-14/h3-6,11H,7-10H2,1-2H3. The third kappa shape index (κ3) is 3.39. The summed E-state index contributed by atoms with van der Waals surface area (Å²) in [5.74, 6) is 1.11. The SMILES string of the molecule is COC(=O)c1cc(C)nc(N2CCN(c3ccccn3)CC2)n1. The Morgan fingerprint density at radius 3 is 2.52 bits per heavy atom. The van der Waals surface area contributed by atoms with Crippen LogP contribution in [0.25, 0.3) is 0 Å². The monoisotopic (exact) mass is 313 g/mol. The van der Waals surface area contributed by atoms with Crippen molar-refractivity contribution in [2.45, 2.75) is 6.92 Å². The van der Waals surface area contributed by atoms with E-state index in [-0.39, 0.29) is 0 Å². The second-order valence-electron chi connectivity index (χ2n) is 5.35. The van der Waals surface area contributed by atoms with Crippen LogP contribution in [0.1, 0.15) is 16.2 Å². The fraction of sp³-hybridized carbons (Fsp3) is 0.375. The normalized spacial score (nSPS) is 14.7. The van der Waals surface area contributed by atoms with Gasteiger partial charge in [0.05, 0.1) is 7.11 Å². The Kier molecular flexibility index (Phi) is 4.36. The largest absolute Gasteiger partial charge is 0.464 e. The Balaban J connectivity index is 1.72. The van der Waals surface area contributed by atoms with Crippen molar-refractivity contribution in [3.8, 4) is 0 Å². The van der Waals surface area contributed by atoms with E-state index in [1.807, 2.05) is 25.1 Å². The van der Waals surface area contributed by atoms with Gasteiger partial charge < -0.3 is 14.5 Å². The van der Waals surface area contributed by atoms with Crippen LogP contribution in [0, 0.1) is 6.92 Å². The van der Waals surface area contributed by atoms with Gasteiger partial charge in [-0.2, -0.15) is 0 Å². The van der Waals surface area contributed by atoms with E-state index in [9.17, 15) is 4.79 Å². The van der Waals surface area contributed by atoms with Gasteiger partial charge in [-0.05, 0) is 25.1 Å². The summed E-state index contributed by atoms with van der Waals surface area (Å²) in [4.78, 5) is 29.2. The van der Waals surface area contributed by atoms with Crippen molar-refractivity contribution in [1.82, 2.24) is 15.0 Å². The first-order valence-electron chi connectivity index (χ1n) is 7.52. The molecule has 1 saturated heterocycles. The van der Waals surface area contributed by atoms with Crippen LogP contribution in [-0.2, 0) is 4.74 Å². The zero-order chi connectivity index (χ0) is 16.2. The summed E-state index contributed by atoms with van der Waals surface area (Å²) in [5, 5.41) is 0. The van der Waals surface area contributed by atoms with Gasteiger partial charge in [-0.3, -0.25) is 0 Å². The van der Waals surface area contributed by atoms with Crippen LogP contribution in [0.5, 0.6) is 0 Å². The lowest BCUT2D eigenvalue weighted by Gasteiger charge is -2.35. The van der Waals surface area contributed by atoms with Crippen LogP contribution < -0.4 is 9.80 Å². The number of hydrogen-bond acceptors (Lipinski definition) is 7. The molecule has 1 aliphatic heterocycles. The first kappa shape index (κ1) is 15.2. The summed E-state index contributed by atoms with van der Waals surface area (Å²) >= 11 is 0. The Morgan fingerprint density at radius 1 is 1.13 bits per heavy atom. The van der Waals surface area contributed by atoms with Crippen molar-refractivity contribution < 1.29 is 9.53 Å². The van der Waals surface area contributed by atoms with Crippen molar-refractivity contribution in [1.29, 1.82) is 0 Å². The molecular weight excluding hydrogens is 294 g/mol. The predicted octanol–water partition coefficient (Wildman–Crippen LogP) is 1.29. The number of aryl methyl sites for hydroxylation is 1. The van der Waals surface area contributed by atoms with Gasteiger partial charge in [0.1, 0.15) is 5.82 Å². The number of aromatic nitrogens is 3. The van der Waals surface area contributed by atoms with E-state index in [4.69, 9.17) is 4.74 Å². The molecule has 0 spiro atoms. The van der Waals surface area contributed by atoms with E-state index in [1.54, 1.807) is 12.3 Å². The maximum absolute atomic E-state index is 11.7. The van der Waals surface area contributed by atoms with E-state index in [1.165, 1.54) is 7.11 Å². The summed E-state index contributed by atoms with van der Waals surface area (Å²) in [7, 11) is 1.35. The molecule has 0 aromatic carbocycles. The molecule has 2 aromatic heterocycles. The van der Waals surface area contributed by atoms with Crippen molar-refractivity contribution >= 4 is 17.7 Å². The van der Waals surface area contributed by atoms with Crippen molar-refractivity contribution in [2.24, 2.45) is 0 Å². The Morgan fingerprint density at radius 2 is 1.87 bits per heavy atom. The molecule has 120 valence electrons. The number of hydrogen-bond donors (Lipinski definition) is 0. The predicted molar refractivity (Wildman–Crippen MR) is 86.8 cm³/mol. The molecule has 3 heterocycles. The highest BCUT2D eigenvalue weighted by Crippen LogP contribution is 2.17. The maximum atomic E-state index is 11.7. The third-order valence-electron chi connectivity index (χ3n) is 3.77. The number of pyridine rings is 1. The molecule has 0 bridgehead atoms. The zero-order valence-corrected chi connectivity index (χ0v) is 13.3. The molecule has 2 aromatic rings. The third-order valence-corrected chi connectivity index (χ3v) is 3.77. The molecule has 7 heteroatoms. The van der Waals surface area contributed by atoms with Gasteiger partial charge >= 0.3 is 5.97 Å². The number of anilines is 2. The summed E-state index contributed by atoms with van der Waals surface area (Å²) in [6, 6.07) is 7.54. The van der Waals surface area contributed by atoms with E-state index in [0.717, 1.165) is 37.7 Å². The molecule has 3 rings (SSSR count). The Bertz CT molecular complexity index is 684. The molecule has 1 aliphatic rings. The van der Waals surface area contributed by atoms with E-state index in [2.05, 4.69) is 24.8 Å². The smallest absolute Gasteiger partial charge is 0.356 e. The molecule has 0 amide bonds. The van der Waals surface area contributed by atoms with Crippen LogP contribution in [0.4, 0.5) is 11.8 Å². The number of esters is 1. The van der Waals surface area contributed by atoms with Crippen LogP contribution in [0.15, 0.2) is 30.5 Å². The average molecular weight is 313 g/mol. The fourth-order valence-corrected chi connectivity index (χ4v) is 2.58. The summed E-state index contributed by atoms with van der Waals surface area (Å²) in [5.41, 5.74) is 1.05. The maximum Gasteiger partial charge on any atom is 0.356 e. The number of piperazine rings is 1. The van der Waals surface area contributed by atoms with Crippen molar-refractivity contribution in [2.75, 3.05) is 43.1 Å². The van der Waals surface area contributed by atoms with E-state index >= 15 is 0 Å². The highest BCUT2D eigenvalue weighted by Gasteiger charge is 2.21. The molecule has 0 saturated carbocycles. The van der Waals surface area contributed by atoms with Crippen molar-refractivity contribution in [3.63, 3.8) is 0 Å². The van der Waals surface area contributed by atoms with Gasteiger partial charge in [-0.25, -0.2) is 19.7 Å². The van der Waals surface area contributed by atoms with Crippen molar-refractivity contribution in [3.05, 3.63) is 41.9 Å². The first-order chi connectivity index (χ1) is 11.2. The van der Waals surface area contributed by atoms with Crippen LogP contribution in [0.3, 0.4) is 0 Å². The molecule has 0 N–H and O–H groups in total. The lowest BCUT2D eigenvalue weighted by molar-refractivity contribution is 0.0593. The summed E-state index contributed by atoms with van der Waals surface area (Å²) < 4.78 is 4.74. The minimum atomic E-state index is -0.441. The van der Waals surface area contributed by atoms with Crippen LogP contribution in [0.2, 0.25) is 0 Å². The van der Waals surface area contributed by atoms with Gasteiger partial charge in [-0.1, -0.05) is 6.07 Å². The highest BCUT2D eigenvalue weighted by atomic mass is 16.5. The Labute approximate surface area is 134 Å². The zero-order valence-electron chi connectivity index (χ0n) is 13.3. The molecule has 23 heavy (non-hydrogen) atoms. The molecule has 1 fully saturated rings. The molecule has 0 unspecified atom stereocenters. The lowest BCUT2D eigenvalue weighted by Crippen LogP contribution is -2.47. The topological polar surface area (TPSA) is 71.5 Å². The van der Waals surface area contributed by atoms with Gasteiger partial charge in [0.15, 0.2) is 5.69 Å². The lowest BCUT2D eigenvalue weighted by atomic mass is 10.3. The number of carbonyl (C=O) groups is 1. The van der Waals surface area contributed by atoms with Crippen LogP contribution in [-0.4, -0.2) is 54.2 Å². The number of carbonyl (C=O) groups excluding carboxylic acids is 1. The number of rotatable bonds is 3. The van der Waals surface area contributed by atoms with Gasteiger partial charge in [-0.15, -0.1) is 0 Å². The summed E-state index contributed by atoms with van der Waals surface area (Å²) in [6.45, 7) is 5.08. The second kappa shape index (κ2) is 6.60. The fourth-order valence-electron chi connectivity index (χ4n) is 2.58.